The monoisotopic (exact) mass is 425 g/mol. The van der Waals surface area contributed by atoms with E-state index < -0.39 is 15.8 Å². The zero-order valence-corrected chi connectivity index (χ0v) is 15.5. The largest absolute Gasteiger partial charge is 0.338 e. The van der Waals surface area contributed by atoms with Crippen LogP contribution in [-0.2, 0) is 16.6 Å². The molecule has 3 aromatic rings. The maximum atomic E-state index is 13.0. The lowest BCUT2D eigenvalue weighted by atomic mass is 10.2. The maximum Gasteiger partial charge on any atom is 0.243 e. The smallest absolute Gasteiger partial charge is 0.243 e. The summed E-state index contributed by atoms with van der Waals surface area (Å²) in [5, 5.41) is 3.87. The summed E-state index contributed by atoms with van der Waals surface area (Å²) >= 11 is 3.36. The maximum absolute atomic E-state index is 13.0. The van der Waals surface area contributed by atoms with Gasteiger partial charge in [0, 0.05) is 17.1 Å². The Balaban J connectivity index is 1.79. The van der Waals surface area contributed by atoms with Gasteiger partial charge in [0.15, 0.2) is 0 Å². The van der Waals surface area contributed by atoms with E-state index in [-0.39, 0.29) is 17.3 Å². The molecule has 0 aliphatic carbocycles. The van der Waals surface area contributed by atoms with Gasteiger partial charge in [-0.2, -0.15) is 9.29 Å². The second-order valence-corrected chi connectivity index (χ2v) is 8.20. The molecular weight excluding hydrogens is 413 g/mol. The van der Waals surface area contributed by atoms with Crippen molar-refractivity contribution in [2.75, 3.05) is 7.05 Å². The molecule has 9 heteroatoms. The van der Waals surface area contributed by atoms with Crippen molar-refractivity contribution in [2.45, 2.75) is 11.4 Å². The van der Waals surface area contributed by atoms with Gasteiger partial charge in [-0.05, 0) is 36.4 Å². The summed E-state index contributed by atoms with van der Waals surface area (Å²) in [7, 11) is -2.39. The molecule has 0 aliphatic heterocycles. The summed E-state index contributed by atoms with van der Waals surface area (Å²) in [6.07, 6.45) is 0. The van der Waals surface area contributed by atoms with Crippen molar-refractivity contribution in [1.82, 2.24) is 14.4 Å². The molecule has 3 rings (SSSR count). The van der Waals surface area contributed by atoms with Gasteiger partial charge < -0.3 is 4.52 Å². The van der Waals surface area contributed by atoms with Crippen molar-refractivity contribution in [3.63, 3.8) is 0 Å². The number of rotatable bonds is 5. The van der Waals surface area contributed by atoms with E-state index in [9.17, 15) is 12.8 Å². The minimum Gasteiger partial charge on any atom is -0.338 e. The highest BCUT2D eigenvalue weighted by atomic mass is 79.9. The molecule has 1 heterocycles. The Kier molecular flexibility index (Phi) is 4.98. The second kappa shape index (κ2) is 7.03. The van der Waals surface area contributed by atoms with Crippen molar-refractivity contribution < 1.29 is 17.3 Å². The molecule has 0 aliphatic rings. The van der Waals surface area contributed by atoms with Crippen LogP contribution in [0.25, 0.3) is 11.4 Å². The molecule has 0 bridgehead atoms. The van der Waals surface area contributed by atoms with Gasteiger partial charge in [0.25, 0.3) is 0 Å². The van der Waals surface area contributed by atoms with Gasteiger partial charge in [-0.15, -0.1) is 0 Å². The summed E-state index contributed by atoms with van der Waals surface area (Å²) in [6, 6.07) is 12.0. The van der Waals surface area contributed by atoms with E-state index in [2.05, 4.69) is 26.1 Å². The zero-order chi connectivity index (χ0) is 18.0. The highest BCUT2D eigenvalue weighted by Gasteiger charge is 2.23. The van der Waals surface area contributed by atoms with Crippen LogP contribution in [0.15, 0.2) is 62.4 Å². The molecule has 25 heavy (non-hydrogen) atoms. The summed E-state index contributed by atoms with van der Waals surface area (Å²) < 4.78 is 45.0. The van der Waals surface area contributed by atoms with Crippen LogP contribution in [0.4, 0.5) is 4.39 Å². The fourth-order valence-corrected chi connectivity index (χ4v) is 3.65. The Hall–Kier alpha value is -2.10. The van der Waals surface area contributed by atoms with Crippen molar-refractivity contribution in [3.05, 3.63) is 64.7 Å². The summed E-state index contributed by atoms with van der Waals surface area (Å²) in [5.41, 5.74) is 0.744. The third-order valence-electron chi connectivity index (χ3n) is 3.43. The summed E-state index contributed by atoms with van der Waals surface area (Å²) in [6.45, 7) is -0.0965. The molecule has 2 aromatic carbocycles. The molecule has 6 nitrogen and oxygen atoms in total. The van der Waals surface area contributed by atoms with Crippen LogP contribution in [0, 0.1) is 5.82 Å². The van der Waals surface area contributed by atoms with E-state index in [1.165, 1.54) is 19.2 Å². The Bertz CT molecular complexity index is 990. The lowest BCUT2D eigenvalue weighted by Gasteiger charge is -2.14. The van der Waals surface area contributed by atoms with Crippen molar-refractivity contribution in [2.24, 2.45) is 0 Å². The number of aromatic nitrogens is 2. The molecular formula is C16H13BrFN3O3S. The van der Waals surface area contributed by atoms with Gasteiger partial charge >= 0.3 is 0 Å². The van der Waals surface area contributed by atoms with Crippen molar-refractivity contribution >= 4 is 26.0 Å². The molecule has 0 N–H and O–H groups in total. The highest BCUT2D eigenvalue weighted by Crippen LogP contribution is 2.21. The molecule has 0 saturated heterocycles. The molecule has 1 aromatic heterocycles. The van der Waals surface area contributed by atoms with E-state index in [1.807, 2.05) is 24.3 Å². The summed E-state index contributed by atoms with van der Waals surface area (Å²) in [5.74, 6) is 0.0178. The predicted molar refractivity (Wildman–Crippen MR) is 92.5 cm³/mol. The molecule has 0 amide bonds. The zero-order valence-electron chi connectivity index (χ0n) is 13.1. The minimum absolute atomic E-state index is 0.0110. The average molecular weight is 426 g/mol. The minimum atomic E-state index is -3.78. The Morgan fingerprint density at radius 3 is 2.60 bits per heavy atom. The lowest BCUT2D eigenvalue weighted by Crippen LogP contribution is -2.26. The quantitative estimate of drug-likeness (QED) is 0.625. The van der Waals surface area contributed by atoms with Crippen LogP contribution in [0.1, 0.15) is 5.89 Å². The van der Waals surface area contributed by atoms with E-state index >= 15 is 0 Å². The van der Waals surface area contributed by atoms with E-state index in [0.717, 1.165) is 26.5 Å². The van der Waals surface area contributed by atoms with E-state index in [4.69, 9.17) is 4.52 Å². The van der Waals surface area contributed by atoms with Gasteiger partial charge in [-0.1, -0.05) is 33.2 Å². The first-order valence-electron chi connectivity index (χ1n) is 7.17. The Morgan fingerprint density at radius 2 is 1.92 bits per heavy atom. The number of benzene rings is 2. The molecule has 0 unspecified atom stereocenters. The Labute approximate surface area is 152 Å². The van der Waals surface area contributed by atoms with Gasteiger partial charge in [-0.3, -0.25) is 0 Å². The Morgan fingerprint density at radius 1 is 1.20 bits per heavy atom. The normalized spacial score (nSPS) is 11.8. The van der Waals surface area contributed by atoms with Crippen molar-refractivity contribution in [1.29, 1.82) is 0 Å². The van der Waals surface area contributed by atoms with Crippen LogP contribution in [-0.4, -0.2) is 29.9 Å². The van der Waals surface area contributed by atoms with Gasteiger partial charge in [0.2, 0.25) is 21.7 Å². The van der Waals surface area contributed by atoms with Gasteiger partial charge in [-0.25, -0.2) is 12.8 Å². The third kappa shape index (κ3) is 3.94. The van der Waals surface area contributed by atoms with Crippen molar-refractivity contribution in [3.8, 4) is 11.4 Å². The fraction of sp³-hybridized carbons (Fsp3) is 0.125. The molecule has 0 fully saturated rings. The first-order chi connectivity index (χ1) is 11.9. The van der Waals surface area contributed by atoms with Crippen LogP contribution in [0.3, 0.4) is 0 Å². The van der Waals surface area contributed by atoms with Crippen LogP contribution < -0.4 is 0 Å². The molecule has 0 radical (unpaired) electrons. The first-order valence-corrected chi connectivity index (χ1v) is 9.40. The third-order valence-corrected chi connectivity index (χ3v) is 5.74. The topological polar surface area (TPSA) is 76.3 Å². The number of sulfonamides is 1. The van der Waals surface area contributed by atoms with E-state index in [0.29, 0.717) is 5.82 Å². The number of hydrogen-bond acceptors (Lipinski definition) is 5. The number of halogens is 2. The second-order valence-electron chi connectivity index (χ2n) is 5.24. The molecule has 130 valence electrons. The first kappa shape index (κ1) is 17.7. The number of nitrogens with zero attached hydrogens (tertiary/aromatic N) is 3. The number of hydrogen-bond donors (Lipinski definition) is 0. The van der Waals surface area contributed by atoms with Crippen LogP contribution >= 0.6 is 15.9 Å². The standard InChI is InChI=1S/C16H13BrFN3O3S/c1-21(25(22,23)14-7-5-13(18)6-8-14)10-15-19-16(20-24-15)11-3-2-4-12(17)9-11/h2-9H,10H2,1H3. The van der Waals surface area contributed by atoms with Gasteiger partial charge in [0.1, 0.15) is 5.82 Å². The van der Waals surface area contributed by atoms with Crippen LogP contribution in [0.2, 0.25) is 0 Å². The summed E-state index contributed by atoms with van der Waals surface area (Å²) in [4.78, 5) is 4.21. The molecule has 0 atom stereocenters. The molecule has 0 spiro atoms. The van der Waals surface area contributed by atoms with Gasteiger partial charge in [0.05, 0.1) is 11.4 Å². The fourth-order valence-electron chi connectivity index (χ4n) is 2.13. The van der Waals surface area contributed by atoms with E-state index in [1.54, 1.807) is 0 Å². The predicted octanol–water partition coefficient (Wildman–Crippen LogP) is 3.46. The molecule has 0 saturated carbocycles. The van der Waals surface area contributed by atoms with Crippen LogP contribution in [0.5, 0.6) is 0 Å². The highest BCUT2D eigenvalue weighted by molar-refractivity contribution is 9.10. The average Bonchev–Trinajstić information content (AvgIpc) is 3.04. The lowest BCUT2D eigenvalue weighted by molar-refractivity contribution is 0.336. The SMILES string of the molecule is CN(Cc1nc(-c2cccc(Br)c2)no1)S(=O)(=O)c1ccc(F)cc1.